The van der Waals surface area contributed by atoms with Gasteiger partial charge in [0.25, 0.3) is 0 Å². The van der Waals surface area contributed by atoms with Gasteiger partial charge in [-0.3, -0.25) is 9.78 Å². The van der Waals surface area contributed by atoms with E-state index < -0.39 is 0 Å². The minimum Gasteiger partial charge on any atom is -0.340 e. The van der Waals surface area contributed by atoms with Crippen LogP contribution in [0.25, 0.3) is 0 Å². The molecule has 1 aliphatic heterocycles. The fraction of sp³-hybridized carbons (Fsp3) is 0.368. The molecule has 1 amide bonds. The van der Waals surface area contributed by atoms with Crippen LogP contribution in [0.3, 0.4) is 0 Å². The Morgan fingerprint density at radius 1 is 1.26 bits per heavy atom. The second-order valence-corrected chi connectivity index (χ2v) is 6.37. The Hall–Kier alpha value is -2.20. The van der Waals surface area contributed by atoms with Crippen LogP contribution in [0.5, 0.6) is 0 Å². The highest BCUT2D eigenvalue weighted by Crippen LogP contribution is 2.28. The Balaban J connectivity index is 1.63. The lowest BCUT2D eigenvalue weighted by Gasteiger charge is -2.19. The molecule has 1 saturated heterocycles. The van der Waals surface area contributed by atoms with E-state index in [1.165, 1.54) is 5.56 Å². The van der Waals surface area contributed by atoms with E-state index in [9.17, 15) is 4.79 Å². The van der Waals surface area contributed by atoms with Crippen LogP contribution in [-0.4, -0.2) is 34.9 Å². The van der Waals surface area contributed by atoms with Crippen molar-refractivity contribution in [2.24, 2.45) is 5.73 Å². The number of nitrogens with zero attached hydrogens (tertiary/aromatic N) is 2. The van der Waals surface area contributed by atoms with Crippen molar-refractivity contribution in [2.75, 3.05) is 13.1 Å². The van der Waals surface area contributed by atoms with E-state index in [0.717, 1.165) is 5.56 Å². The fourth-order valence-electron chi connectivity index (χ4n) is 3.26. The molecule has 1 aromatic heterocycles. The minimum absolute atomic E-state index is 0.00930. The molecule has 0 saturated carbocycles. The first-order valence-corrected chi connectivity index (χ1v) is 8.13. The topological polar surface area (TPSA) is 59.2 Å². The van der Waals surface area contributed by atoms with Crippen molar-refractivity contribution in [3.05, 3.63) is 66.0 Å². The van der Waals surface area contributed by atoms with Gasteiger partial charge >= 0.3 is 0 Å². The number of benzene rings is 1. The maximum Gasteiger partial charge on any atom is 0.223 e. The molecule has 2 heterocycles. The number of rotatable bonds is 4. The summed E-state index contributed by atoms with van der Waals surface area (Å²) in [6, 6.07) is 14.2. The van der Waals surface area contributed by atoms with Crippen LogP contribution in [0.4, 0.5) is 0 Å². The summed E-state index contributed by atoms with van der Waals surface area (Å²) in [7, 11) is 0. The predicted octanol–water partition coefficient (Wildman–Crippen LogP) is 2.53. The monoisotopic (exact) mass is 309 g/mol. The molecular weight excluding hydrogens is 286 g/mol. The van der Waals surface area contributed by atoms with Crippen molar-refractivity contribution < 1.29 is 4.79 Å². The van der Waals surface area contributed by atoms with Crippen LogP contribution < -0.4 is 5.73 Å². The number of hydrogen-bond donors (Lipinski definition) is 1. The average Bonchev–Trinajstić information content (AvgIpc) is 2.98. The van der Waals surface area contributed by atoms with Gasteiger partial charge < -0.3 is 10.6 Å². The molecule has 2 N–H and O–H groups in total. The number of aromatic nitrogens is 1. The van der Waals surface area contributed by atoms with Crippen molar-refractivity contribution in [2.45, 2.75) is 31.2 Å². The number of carbonyl (C=O) groups is 1. The molecule has 4 nitrogen and oxygen atoms in total. The molecule has 0 aliphatic carbocycles. The number of pyridine rings is 1. The molecule has 0 bridgehead atoms. The van der Waals surface area contributed by atoms with Crippen molar-refractivity contribution in [1.82, 2.24) is 9.88 Å². The van der Waals surface area contributed by atoms with Gasteiger partial charge in [-0.05, 0) is 23.1 Å². The summed E-state index contributed by atoms with van der Waals surface area (Å²) in [5.41, 5.74) is 8.60. The van der Waals surface area contributed by atoms with E-state index in [0.29, 0.717) is 19.5 Å². The number of carbonyl (C=O) groups excluding carboxylic acids is 1. The molecular formula is C19H23N3O. The summed E-state index contributed by atoms with van der Waals surface area (Å²) in [5.74, 6) is 0.576. The molecule has 0 radical (unpaired) electrons. The summed E-state index contributed by atoms with van der Waals surface area (Å²) in [6.45, 7) is 3.42. The molecule has 3 atom stereocenters. The molecule has 120 valence electrons. The lowest BCUT2D eigenvalue weighted by atomic mass is 9.95. The van der Waals surface area contributed by atoms with E-state index in [1.807, 2.05) is 41.4 Å². The summed E-state index contributed by atoms with van der Waals surface area (Å²) in [4.78, 5) is 18.6. The molecule has 3 rings (SSSR count). The third-order valence-electron chi connectivity index (χ3n) is 4.68. The highest BCUT2D eigenvalue weighted by Gasteiger charge is 2.34. The summed E-state index contributed by atoms with van der Waals surface area (Å²) in [5, 5.41) is 0. The normalized spacial score (nSPS) is 22.1. The van der Waals surface area contributed by atoms with Gasteiger partial charge in [-0.15, -0.1) is 0 Å². The summed E-state index contributed by atoms with van der Waals surface area (Å²) >= 11 is 0. The van der Waals surface area contributed by atoms with E-state index in [2.05, 4.69) is 24.0 Å². The quantitative estimate of drug-likeness (QED) is 0.944. The number of hydrogen-bond acceptors (Lipinski definition) is 3. The lowest BCUT2D eigenvalue weighted by Crippen LogP contribution is -2.32. The average molecular weight is 309 g/mol. The molecule has 3 unspecified atom stereocenters. The first kappa shape index (κ1) is 15.7. The largest absolute Gasteiger partial charge is 0.340 e. The number of amides is 1. The van der Waals surface area contributed by atoms with Crippen LogP contribution >= 0.6 is 0 Å². The third kappa shape index (κ3) is 3.59. The predicted molar refractivity (Wildman–Crippen MR) is 91.0 cm³/mol. The lowest BCUT2D eigenvalue weighted by molar-refractivity contribution is -0.130. The molecule has 1 aromatic carbocycles. The number of nitrogens with two attached hydrogens (primary N) is 1. The van der Waals surface area contributed by atoms with E-state index >= 15 is 0 Å². The third-order valence-corrected chi connectivity index (χ3v) is 4.68. The molecule has 2 aromatic rings. The van der Waals surface area contributed by atoms with Crippen LogP contribution in [0, 0.1) is 0 Å². The maximum atomic E-state index is 12.6. The minimum atomic E-state index is 0.00930. The summed E-state index contributed by atoms with van der Waals surface area (Å²) in [6.07, 6.45) is 4.09. The Morgan fingerprint density at radius 3 is 2.74 bits per heavy atom. The van der Waals surface area contributed by atoms with Gasteiger partial charge in [0.1, 0.15) is 0 Å². The van der Waals surface area contributed by atoms with Crippen molar-refractivity contribution >= 4 is 5.91 Å². The van der Waals surface area contributed by atoms with Crippen molar-refractivity contribution in [3.63, 3.8) is 0 Å². The van der Waals surface area contributed by atoms with Crippen LogP contribution in [0.2, 0.25) is 0 Å². The van der Waals surface area contributed by atoms with Gasteiger partial charge in [-0.25, -0.2) is 0 Å². The van der Waals surface area contributed by atoms with Crippen LogP contribution in [0.1, 0.15) is 36.3 Å². The van der Waals surface area contributed by atoms with Crippen molar-refractivity contribution in [3.8, 4) is 0 Å². The van der Waals surface area contributed by atoms with Gasteiger partial charge in [-0.1, -0.05) is 43.3 Å². The Labute approximate surface area is 137 Å². The van der Waals surface area contributed by atoms with E-state index in [1.54, 1.807) is 6.20 Å². The SMILES string of the molecule is CC(CC(=O)N1CC(N)C(c2ccccc2)C1)c1cccnc1. The van der Waals surface area contributed by atoms with Crippen LogP contribution in [-0.2, 0) is 4.79 Å². The van der Waals surface area contributed by atoms with Gasteiger partial charge in [0, 0.05) is 43.9 Å². The smallest absolute Gasteiger partial charge is 0.223 e. The fourth-order valence-corrected chi connectivity index (χ4v) is 3.26. The molecule has 4 heteroatoms. The maximum absolute atomic E-state index is 12.6. The molecule has 0 spiro atoms. The van der Waals surface area contributed by atoms with Crippen molar-refractivity contribution in [1.29, 1.82) is 0 Å². The summed E-state index contributed by atoms with van der Waals surface area (Å²) < 4.78 is 0. The van der Waals surface area contributed by atoms with E-state index in [-0.39, 0.29) is 23.8 Å². The van der Waals surface area contributed by atoms with Gasteiger partial charge in [-0.2, -0.15) is 0 Å². The van der Waals surface area contributed by atoms with Crippen LogP contribution in [0.15, 0.2) is 54.9 Å². The standard InChI is InChI=1S/C19H23N3O/c1-14(16-8-5-9-21-11-16)10-19(23)22-12-17(18(20)13-22)15-6-3-2-4-7-15/h2-9,11,14,17-18H,10,12-13,20H2,1H3. The van der Waals surface area contributed by atoms with Gasteiger partial charge in [0.05, 0.1) is 0 Å². The molecule has 1 aliphatic rings. The second-order valence-electron chi connectivity index (χ2n) is 6.37. The zero-order chi connectivity index (χ0) is 16.2. The van der Waals surface area contributed by atoms with E-state index in [4.69, 9.17) is 5.73 Å². The molecule has 1 fully saturated rings. The molecule has 23 heavy (non-hydrogen) atoms. The van der Waals surface area contributed by atoms with Gasteiger partial charge in [0.2, 0.25) is 5.91 Å². The first-order valence-electron chi connectivity index (χ1n) is 8.13. The Morgan fingerprint density at radius 2 is 2.04 bits per heavy atom. The zero-order valence-corrected chi connectivity index (χ0v) is 13.4. The zero-order valence-electron chi connectivity index (χ0n) is 13.4. The Kier molecular flexibility index (Phi) is 4.72. The number of likely N-dealkylation sites (tertiary alicyclic amines) is 1. The van der Waals surface area contributed by atoms with Gasteiger partial charge in [0.15, 0.2) is 0 Å². The highest BCUT2D eigenvalue weighted by atomic mass is 16.2. The first-order chi connectivity index (χ1) is 11.1. The highest BCUT2D eigenvalue weighted by molar-refractivity contribution is 5.77. The second kappa shape index (κ2) is 6.92. The Bertz CT molecular complexity index is 644.